The summed E-state index contributed by atoms with van der Waals surface area (Å²) < 4.78 is 5.03. The minimum Gasteiger partial charge on any atom is -0.466 e. The van der Waals surface area contributed by atoms with Crippen LogP contribution in [0.4, 0.5) is 5.13 Å². The van der Waals surface area contributed by atoms with Gasteiger partial charge in [0, 0.05) is 18.5 Å². The lowest BCUT2D eigenvalue weighted by molar-refractivity contribution is -0.148. The van der Waals surface area contributed by atoms with Gasteiger partial charge in [-0.15, -0.1) is 11.3 Å². The van der Waals surface area contributed by atoms with Gasteiger partial charge in [-0.1, -0.05) is 11.6 Å². The fraction of sp³-hybridized carbons (Fsp3) is 0.636. The molecular formula is C11H15ClN2O2S. The molecule has 94 valence electrons. The molecule has 0 atom stereocenters. The van der Waals surface area contributed by atoms with Crippen LogP contribution < -0.4 is 4.90 Å². The molecule has 1 aliphatic rings. The van der Waals surface area contributed by atoms with E-state index in [4.69, 9.17) is 16.3 Å². The van der Waals surface area contributed by atoms with E-state index in [2.05, 4.69) is 9.88 Å². The van der Waals surface area contributed by atoms with Crippen LogP contribution in [-0.4, -0.2) is 30.6 Å². The Balaban J connectivity index is 1.88. The number of rotatable bonds is 3. The molecule has 0 radical (unpaired) electrons. The van der Waals surface area contributed by atoms with Crippen LogP contribution in [0.2, 0.25) is 5.15 Å². The Morgan fingerprint density at radius 1 is 1.65 bits per heavy atom. The molecule has 0 amide bonds. The number of aromatic nitrogens is 1. The molecule has 1 saturated heterocycles. The van der Waals surface area contributed by atoms with Gasteiger partial charge in [0.25, 0.3) is 0 Å². The maximum Gasteiger partial charge on any atom is 0.309 e. The zero-order valence-corrected chi connectivity index (χ0v) is 11.3. The molecule has 1 fully saturated rings. The summed E-state index contributed by atoms with van der Waals surface area (Å²) in [6, 6.07) is 0. The van der Waals surface area contributed by atoms with Gasteiger partial charge in [0.1, 0.15) is 5.15 Å². The van der Waals surface area contributed by atoms with Crippen molar-refractivity contribution < 1.29 is 9.53 Å². The summed E-state index contributed by atoms with van der Waals surface area (Å²) in [6.07, 6.45) is 1.66. The van der Waals surface area contributed by atoms with Crippen molar-refractivity contribution in [2.75, 3.05) is 24.6 Å². The fourth-order valence-corrected chi connectivity index (χ4v) is 2.96. The zero-order chi connectivity index (χ0) is 12.3. The number of piperidine rings is 1. The van der Waals surface area contributed by atoms with Crippen LogP contribution in [0.1, 0.15) is 19.8 Å². The highest BCUT2D eigenvalue weighted by molar-refractivity contribution is 7.14. The molecular weight excluding hydrogens is 260 g/mol. The van der Waals surface area contributed by atoms with Crippen LogP contribution in [0.3, 0.4) is 0 Å². The van der Waals surface area contributed by atoms with Gasteiger partial charge in [0.15, 0.2) is 5.13 Å². The number of carbonyl (C=O) groups excluding carboxylic acids is 1. The smallest absolute Gasteiger partial charge is 0.309 e. The summed E-state index contributed by atoms with van der Waals surface area (Å²) in [5.41, 5.74) is 0. The van der Waals surface area contributed by atoms with E-state index >= 15 is 0 Å². The minimum atomic E-state index is -0.0654. The first kappa shape index (κ1) is 12.6. The fourth-order valence-electron chi connectivity index (χ4n) is 1.96. The number of halogens is 1. The Morgan fingerprint density at radius 2 is 2.35 bits per heavy atom. The average molecular weight is 275 g/mol. The Bertz CT molecular complexity index is 389. The third kappa shape index (κ3) is 3.10. The van der Waals surface area contributed by atoms with Crippen molar-refractivity contribution in [2.24, 2.45) is 5.92 Å². The van der Waals surface area contributed by atoms with Crippen molar-refractivity contribution in [1.29, 1.82) is 0 Å². The number of hydrogen-bond donors (Lipinski definition) is 0. The number of ether oxygens (including phenoxy) is 1. The summed E-state index contributed by atoms with van der Waals surface area (Å²) in [6.45, 7) is 3.98. The van der Waals surface area contributed by atoms with Crippen LogP contribution in [0.25, 0.3) is 0 Å². The van der Waals surface area contributed by atoms with E-state index in [1.165, 1.54) is 0 Å². The highest BCUT2D eigenvalue weighted by Crippen LogP contribution is 2.28. The molecule has 17 heavy (non-hydrogen) atoms. The van der Waals surface area contributed by atoms with Crippen molar-refractivity contribution in [1.82, 2.24) is 4.98 Å². The van der Waals surface area contributed by atoms with E-state index in [-0.39, 0.29) is 11.9 Å². The lowest BCUT2D eigenvalue weighted by atomic mass is 9.97. The lowest BCUT2D eigenvalue weighted by Crippen LogP contribution is -2.36. The summed E-state index contributed by atoms with van der Waals surface area (Å²) in [4.78, 5) is 18.0. The largest absolute Gasteiger partial charge is 0.466 e. The average Bonchev–Trinajstić information content (AvgIpc) is 2.76. The molecule has 0 aliphatic carbocycles. The first-order valence-corrected chi connectivity index (χ1v) is 6.99. The summed E-state index contributed by atoms with van der Waals surface area (Å²) >= 11 is 7.34. The minimum absolute atomic E-state index is 0.0432. The van der Waals surface area contributed by atoms with Gasteiger partial charge in [-0.2, -0.15) is 0 Å². The normalized spacial score (nSPS) is 17.2. The molecule has 0 saturated carbocycles. The number of hydrogen-bond acceptors (Lipinski definition) is 5. The number of esters is 1. The Hall–Kier alpha value is -0.810. The van der Waals surface area contributed by atoms with E-state index in [0.29, 0.717) is 11.8 Å². The third-order valence-electron chi connectivity index (χ3n) is 2.85. The monoisotopic (exact) mass is 274 g/mol. The second-order valence-corrected chi connectivity index (χ2v) is 5.19. The zero-order valence-electron chi connectivity index (χ0n) is 9.69. The number of anilines is 1. The second-order valence-electron chi connectivity index (χ2n) is 3.97. The second kappa shape index (κ2) is 5.69. The molecule has 0 aromatic carbocycles. The van der Waals surface area contributed by atoms with Gasteiger partial charge in [0.05, 0.1) is 12.5 Å². The Morgan fingerprint density at radius 3 is 2.88 bits per heavy atom. The third-order valence-corrected chi connectivity index (χ3v) is 4.07. The molecule has 1 aromatic rings. The molecule has 0 bridgehead atoms. The van der Waals surface area contributed by atoms with Gasteiger partial charge < -0.3 is 9.64 Å². The van der Waals surface area contributed by atoms with E-state index in [0.717, 1.165) is 31.1 Å². The van der Waals surface area contributed by atoms with E-state index in [1.807, 2.05) is 12.3 Å². The molecule has 1 aromatic heterocycles. The first-order chi connectivity index (χ1) is 8.20. The summed E-state index contributed by atoms with van der Waals surface area (Å²) in [5.74, 6) is -0.0223. The molecule has 6 heteroatoms. The molecule has 4 nitrogen and oxygen atoms in total. The van der Waals surface area contributed by atoms with E-state index in [9.17, 15) is 4.79 Å². The predicted molar refractivity (Wildman–Crippen MR) is 68.7 cm³/mol. The molecule has 2 rings (SSSR count). The Labute approximate surface area is 110 Å². The van der Waals surface area contributed by atoms with Crippen LogP contribution in [-0.2, 0) is 9.53 Å². The van der Waals surface area contributed by atoms with Crippen LogP contribution in [0, 0.1) is 5.92 Å². The SMILES string of the molecule is CCOC(=O)C1CCN(c2nc(Cl)cs2)CC1. The summed E-state index contributed by atoms with van der Waals surface area (Å²) in [7, 11) is 0. The molecule has 0 spiro atoms. The topological polar surface area (TPSA) is 42.4 Å². The molecule has 0 N–H and O–H groups in total. The molecule has 0 unspecified atom stereocenters. The maximum absolute atomic E-state index is 11.6. The summed E-state index contributed by atoms with van der Waals surface area (Å²) in [5, 5.41) is 3.31. The molecule has 1 aliphatic heterocycles. The standard InChI is InChI=1S/C11H15ClN2O2S/c1-2-16-10(15)8-3-5-14(6-4-8)11-13-9(12)7-17-11/h7-8H,2-6H2,1H3. The highest BCUT2D eigenvalue weighted by Gasteiger charge is 2.26. The predicted octanol–water partition coefficient (Wildman–Crippen LogP) is 2.58. The van der Waals surface area contributed by atoms with E-state index < -0.39 is 0 Å². The quantitative estimate of drug-likeness (QED) is 0.795. The van der Waals surface area contributed by atoms with Crippen LogP contribution in [0.15, 0.2) is 5.38 Å². The van der Waals surface area contributed by atoms with Gasteiger partial charge in [-0.3, -0.25) is 4.79 Å². The van der Waals surface area contributed by atoms with Crippen molar-refractivity contribution in [3.63, 3.8) is 0 Å². The van der Waals surface area contributed by atoms with Crippen molar-refractivity contribution in [3.8, 4) is 0 Å². The van der Waals surface area contributed by atoms with Gasteiger partial charge in [-0.25, -0.2) is 4.98 Å². The lowest BCUT2D eigenvalue weighted by Gasteiger charge is -2.30. The highest BCUT2D eigenvalue weighted by atomic mass is 35.5. The van der Waals surface area contributed by atoms with Crippen LogP contribution >= 0.6 is 22.9 Å². The maximum atomic E-state index is 11.6. The van der Waals surface area contributed by atoms with Crippen molar-refractivity contribution >= 4 is 34.0 Å². The Kier molecular flexibility index (Phi) is 4.23. The van der Waals surface area contributed by atoms with Gasteiger partial charge >= 0.3 is 5.97 Å². The first-order valence-electron chi connectivity index (χ1n) is 5.73. The van der Waals surface area contributed by atoms with Crippen LogP contribution in [0.5, 0.6) is 0 Å². The van der Waals surface area contributed by atoms with Crippen molar-refractivity contribution in [3.05, 3.63) is 10.5 Å². The number of thiazole rings is 1. The molecule has 2 heterocycles. The van der Waals surface area contributed by atoms with E-state index in [1.54, 1.807) is 11.3 Å². The number of carbonyl (C=O) groups is 1. The van der Waals surface area contributed by atoms with Gasteiger partial charge in [-0.05, 0) is 19.8 Å². The van der Waals surface area contributed by atoms with Crippen molar-refractivity contribution in [2.45, 2.75) is 19.8 Å². The number of nitrogens with zero attached hydrogens (tertiary/aromatic N) is 2. The van der Waals surface area contributed by atoms with Gasteiger partial charge in [0.2, 0.25) is 0 Å².